The Balaban J connectivity index is 2.27. The third kappa shape index (κ3) is 2.45. The Bertz CT molecular complexity index is 605. The second-order valence-corrected chi connectivity index (χ2v) is 4.82. The van der Waals surface area contributed by atoms with Crippen molar-refractivity contribution < 1.29 is 0 Å². The lowest BCUT2D eigenvalue weighted by Gasteiger charge is -2.09. The van der Waals surface area contributed by atoms with Gasteiger partial charge in [-0.05, 0) is 36.9 Å². The van der Waals surface area contributed by atoms with Gasteiger partial charge in [-0.15, -0.1) is 11.3 Å². The molecule has 0 spiro atoms. The van der Waals surface area contributed by atoms with Gasteiger partial charge in [-0.1, -0.05) is 6.07 Å². The first-order valence-electron chi connectivity index (χ1n) is 5.35. The van der Waals surface area contributed by atoms with Gasteiger partial charge in [-0.3, -0.25) is 4.79 Å². The number of aromatic nitrogens is 1. The fraction of sp³-hybridized carbons (Fsp3) is 0.231. The maximum atomic E-state index is 11.9. The fourth-order valence-corrected chi connectivity index (χ4v) is 2.41. The molecule has 0 bridgehead atoms. The molecule has 4 heteroatoms. The molecule has 0 N–H and O–H groups in total. The van der Waals surface area contributed by atoms with E-state index in [1.807, 2.05) is 30.5 Å². The topological polar surface area (TPSA) is 45.8 Å². The van der Waals surface area contributed by atoms with Crippen LogP contribution in [0.25, 0.3) is 0 Å². The molecule has 2 aromatic heterocycles. The molecule has 0 aliphatic heterocycles. The summed E-state index contributed by atoms with van der Waals surface area (Å²) >= 11 is 1.68. The monoisotopic (exact) mass is 244 g/mol. The summed E-state index contributed by atoms with van der Waals surface area (Å²) in [6, 6.07) is 9.38. The molecule has 3 nitrogen and oxygen atoms in total. The van der Waals surface area contributed by atoms with E-state index in [1.54, 1.807) is 22.0 Å². The fourth-order valence-electron chi connectivity index (χ4n) is 1.71. The van der Waals surface area contributed by atoms with Gasteiger partial charge >= 0.3 is 0 Å². The standard InChI is InChI=1S/C13H12N2OS/c1-10-4-5-11(9-14)13(16)15(10)7-6-12-3-2-8-17-12/h2-5,8H,6-7H2,1H3. The number of thiophene rings is 1. The summed E-state index contributed by atoms with van der Waals surface area (Å²) in [6.07, 6.45) is 0.827. The second-order valence-electron chi connectivity index (χ2n) is 3.79. The largest absolute Gasteiger partial charge is 0.311 e. The Labute approximate surface area is 104 Å². The third-order valence-corrected chi connectivity index (χ3v) is 3.61. The summed E-state index contributed by atoms with van der Waals surface area (Å²) in [5.41, 5.74) is 0.913. The molecule has 2 heterocycles. The van der Waals surface area contributed by atoms with Crippen LogP contribution in [0.3, 0.4) is 0 Å². The number of rotatable bonds is 3. The number of nitrogens with zero attached hydrogens (tertiary/aromatic N) is 2. The Morgan fingerprint density at radius 2 is 2.24 bits per heavy atom. The van der Waals surface area contributed by atoms with Gasteiger partial charge in [0.1, 0.15) is 11.6 Å². The molecule has 86 valence electrons. The minimum atomic E-state index is -0.191. The maximum absolute atomic E-state index is 11.9. The summed E-state index contributed by atoms with van der Waals surface area (Å²) in [4.78, 5) is 13.2. The molecule has 17 heavy (non-hydrogen) atoms. The van der Waals surface area contributed by atoms with Crippen LogP contribution in [-0.2, 0) is 13.0 Å². The lowest BCUT2D eigenvalue weighted by Crippen LogP contribution is -2.25. The van der Waals surface area contributed by atoms with Crippen molar-refractivity contribution >= 4 is 11.3 Å². The number of pyridine rings is 1. The van der Waals surface area contributed by atoms with Gasteiger partial charge in [0.2, 0.25) is 0 Å². The van der Waals surface area contributed by atoms with E-state index in [2.05, 4.69) is 6.07 Å². The van der Waals surface area contributed by atoms with Gasteiger partial charge in [0.15, 0.2) is 0 Å². The SMILES string of the molecule is Cc1ccc(C#N)c(=O)n1CCc1cccs1. The van der Waals surface area contributed by atoms with E-state index in [9.17, 15) is 4.79 Å². The molecule has 2 aromatic rings. The van der Waals surface area contributed by atoms with Crippen molar-refractivity contribution in [1.29, 1.82) is 5.26 Å². The zero-order valence-electron chi connectivity index (χ0n) is 9.51. The highest BCUT2D eigenvalue weighted by molar-refractivity contribution is 7.09. The number of aryl methyl sites for hydroxylation is 2. The van der Waals surface area contributed by atoms with Gasteiger partial charge in [0.25, 0.3) is 5.56 Å². The predicted octanol–water partition coefficient (Wildman–Crippen LogP) is 2.33. The van der Waals surface area contributed by atoms with Crippen LogP contribution in [0, 0.1) is 18.3 Å². The van der Waals surface area contributed by atoms with Crippen molar-refractivity contribution in [2.45, 2.75) is 19.9 Å². The Hall–Kier alpha value is -1.86. The zero-order valence-corrected chi connectivity index (χ0v) is 10.3. The number of hydrogen-bond donors (Lipinski definition) is 0. The highest BCUT2D eigenvalue weighted by Crippen LogP contribution is 2.10. The van der Waals surface area contributed by atoms with Crippen LogP contribution in [0.15, 0.2) is 34.4 Å². The smallest absolute Gasteiger partial charge is 0.268 e. The summed E-state index contributed by atoms with van der Waals surface area (Å²) in [5, 5.41) is 10.8. The average Bonchev–Trinajstić information content (AvgIpc) is 2.82. The molecule has 0 saturated heterocycles. The first-order valence-corrected chi connectivity index (χ1v) is 6.23. The number of hydrogen-bond acceptors (Lipinski definition) is 3. The molecule has 0 aliphatic carbocycles. The van der Waals surface area contributed by atoms with Crippen LogP contribution in [0.2, 0.25) is 0 Å². The molecule has 0 aliphatic rings. The van der Waals surface area contributed by atoms with Crippen molar-refractivity contribution in [3.63, 3.8) is 0 Å². The molecule has 0 saturated carbocycles. The highest BCUT2D eigenvalue weighted by Gasteiger charge is 2.05. The highest BCUT2D eigenvalue weighted by atomic mass is 32.1. The quantitative estimate of drug-likeness (QED) is 0.832. The third-order valence-electron chi connectivity index (χ3n) is 2.67. The van der Waals surface area contributed by atoms with Gasteiger partial charge in [0, 0.05) is 17.1 Å². The van der Waals surface area contributed by atoms with Crippen LogP contribution in [-0.4, -0.2) is 4.57 Å². The van der Waals surface area contributed by atoms with Crippen LogP contribution >= 0.6 is 11.3 Å². The van der Waals surface area contributed by atoms with E-state index in [0.29, 0.717) is 6.54 Å². The first-order chi connectivity index (χ1) is 8.22. The van der Waals surface area contributed by atoms with Gasteiger partial charge in [-0.2, -0.15) is 5.26 Å². The van der Waals surface area contributed by atoms with Crippen LogP contribution in [0.1, 0.15) is 16.1 Å². The molecular formula is C13H12N2OS. The lowest BCUT2D eigenvalue weighted by atomic mass is 10.2. The second kappa shape index (κ2) is 4.98. The summed E-state index contributed by atoms with van der Waals surface area (Å²) in [6.45, 7) is 2.51. The molecule has 0 amide bonds. The van der Waals surface area contributed by atoms with Gasteiger partial charge in [-0.25, -0.2) is 0 Å². The van der Waals surface area contributed by atoms with E-state index < -0.39 is 0 Å². The molecule has 0 aromatic carbocycles. The van der Waals surface area contributed by atoms with Gasteiger partial charge in [0.05, 0.1) is 0 Å². The van der Waals surface area contributed by atoms with Crippen molar-refractivity contribution in [3.8, 4) is 6.07 Å². The average molecular weight is 244 g/mol. The van der Waals surface area contributed by atoms with Crippen molar-refractivity contribution in [1.82, 2.24) is 4.57 Å². The van der Waals surface area contributed by atoms with E-state index >= 15 is 0 Å². The first kappa shape index (κ1) is 11.6. The van der Waals surface area contributed by atoms with Crippen molar-refractivity contribution in [2.24, 2.45) is 0 Å². The summed E-state index contributed by atoms with van der Waals surface area (Å²) < 4.78 is 1.66. The molecule has 2 rings (SSSR count). The Morgan fingerprint density at radius 3 is 2.88 bits per heavy atom. The molecule has 0 atom stereocenters. The summed E-state index contributed by atoms with van der Waals surface area (Å²) in [5.74, 6) is 0. The van der Waals surface area contributed by atoms with E-state index in [0.717, 1.165) is 12.1 Å². The lowest BCUT2D eigenvalue weighted by molar-refractivity contribution is 0.652. The zero-order chi connectivity index (χ0) is 12.3. The minimum Gasteiger partial charge on any atom is -0.311 e. The maximum Gasteiger partial charge on any atom is 0.268 e. The molecular weight excluding hydrogens is 232 g/mol. The number of nitriles is 1. The molecule has 0 fully saturated rings. The van der Waals surface area contributed by atoms with E-state index in [4.69, 9.17) is 5.26 Å². The Kier molecular flexibility index (Phi) is 3.40. The van der Waals surface area contributed by atoms with Crippen LogP contribution in [0.5, 0.6) is 0 Å². The Morgan fingerprint density at radius 1 is 1.41 bits per heavy atom. The molecule has 0 radical (unpaired) electrons. The van der Waals surface area contributed by atoms with E-state index in [-0.39, 0.29) is 11.1 Å². The summed E-state index contributed by atoms with van der Waals surface area (Å²) in [7, 11) is 0. The van der Waals surface area contributed by atoms with Crippen molar-refractivity contribution in [3.05, 3.63) is 56.1 Å². The minimum absolute atomic E-state index is 0.191. The van der Waals surface area contributed by atoms with Crippen LogP contribution < -0.4 is 5.56 Å². The van der Waals surface area contributed by atoms with Gasteiger partial charge < -0.3 is 4.57 Å². The molecule has 0 unspecified atom stereocenters. The van der Waals surface area contributed by atoms with Crippen molar-refractivity contribution in [2.75, 3.05) is 0 Å². The normalized spacial score (nSPS) is 10.1. The predicted molar refractivity (Wildman–Crippen MR) is 68.2 cm³/mol. The van der Waals surface area contributed by atoms with Crippen LogP contribution in [0.4, 0.5) is 0 Å². The van der Waals surface area contributed by atoms with E-state index in [1.165, 1.54) is 4.88 Å².